The zero-order valence-corrected chi connectivity index (χ0v) is 17.3. The van der Waals surface area contributed by atoms with Crippen LogP contribution in [0.3, 0.4) is 0 Å². The van der Waals surface area contributed by atoms with Crippen LogP contribution in [0, 0.1) is 0 Å². The lowest BCUT2D eigenvalue weighted by atomic mass is 10.0. The third-order valence-corrected chi connectivity index (χ3v) is 4.73. The number of rotatable bonds is 8. The molecular formula is C24H24N2O5. The number of amides is 2. The van der Waals surface area contributed by atoms with Crippen LogP contribution in [0.4, 0.5) is 5.69 Å². The molecular weight excluding hydrogens is 396 g/mol. The molecule has 0 aliphatic heterocycles. The molecule has 0 saturated heterocycles. The number of benzene rings is 2. The van der Waals surface area contributed by atoms with Crippen LogP contribution in [-0.2, 0) is 9.53 Å². The quantitative estimate of drug-likeness (QED) is 0.537. The van der Waals surface area contributed by atoms with Gasteiger partial charge in [-0.15, -0.1) is 0 Å². The maximum atomic E-state index is 12.3. The number of anilines is 1. The third kappa shape index (κ3) is 6.05. The largest absolute Gasteiger partial charge is 0.459 e. The van der Waals surface area contributed by atoms with Gasteiger partial charge < -0.3 is 19.8 Å². The van der Waals surface area contributed by atoms with Crippen molar-refractivity contribution in [2.24, 2.45) is 0 Å². The van der Waals surface area contributed by atoms with Gasteiger partial charge in [0.05, 0.1) is 11.8 Å². The van der Waals surface area contributed by atoms with Crippen molar-refractivity contribution in [3.05, 3.63) is 89.9 Å². The highest BCUT2D eigenvalue weighted by atomic mass is 16.5. The molecule has 0 spiro atoms. The van der Waals surface area contributed by atoms with Gasteiger partial charge in [-0.25, -0.2) is 4.79 Å². The van der Waals surface area contributed by atoms with E-state index >= 15 is 0 Å². The van der Waals surface area contributed by atoms with E-state index in [2.05, 4.69) is 10.6 Å². The molecule has 3 aromatic rings. The summed E-state index contributed by atoms with van der Waals surface area (Å²) in [5.74, 6) is -1.06. The highest BCUT2D eigenvalue weighted by molar-refractivity contribution is 6.02. The lowest BCUT2D eigenvalue weighted by Crippen LogP contribution is -2.37. The first-order valence-corrected chi connectivity index (χ1v) is 9.92. The number of furan rings is 1. The molecule has 2 N–H and O–H groups in total. The molecule has 2 atom stereocenters. The van der Waals surface area contributed by atoms with Gasteiger partial charge in [-0.1, -0.05) is 37.3 Å². The van der Waals surface area contributed by atoms with Gasteiger partial charge >= 0.3 is 5.97 Å². The Kier molecular flexibility index (Phi) is 7.22. The van der Waals surface area contributed by atoms with Crippen molar-refractivity contribution in [1.29, 1.82) is 0 Å². The van der Waals surface area contributed by atoms with Crippen molar-refractivity contribution < 1.29 is 23.5 Å². The molecule has 0 fully saturated rings. The van der Waals surface area contributed by atoms with E-state index in [0.717, 1.165) is 5.56 Å². The molecule has 0 unspecified atom stereocenters. The monoisotopic (exact) mass is 420 g/mol. The van der Waals surface area contributed by atoms with Crippen LogP contribution < -0.4 is 10.6 Å². The number of hydrogen-bond acceptors (Lipinski definition) is 5. The van der Waals surface area contributed by atoms with Crippen molar-refractivity contribution in [1.82, 2.24) is 5.32 Å². The minimum Gasteiger partial charge on any atom is -0.459 e. The summed E-state index contributed by atoms with van der Waals surface area (Å²) in [7, 11) is 0. The molecule has 1 heterocycles. The second-order valence-corrected chi connectivity index (χ2v) is 7.11. The first-order valence-electron chi connectivity index (χ1n) is 9.92. The Bertz CT molecular complexity index is 1010. The number of carbonyl (C=O) groups is 3. The smallest absolute Gasteiger partial charge is 0.338 e. The molecule has 31 heavy (non-hydrogen) atoms. The van der Waals surface area contributed by atoms with Gasteiger partial charge in [0, 0.05) is 12.2 Å². The fourth-order valence-corrected chi connectivity index (χ4v) is 2.87. The molecule has 7 nitrogen and oxygen atoms in total. The Morgan fingerprint density at radius 1 is 0.935 bits per heavy atom. The summed E-state index contributed by atoms with van der Waals surface area (Å²) in [4.78, 5) is 36.6. The predicted octanol–water partition coefficient (Wildman–Crippen LogP) is 4.00. The van der Waals surface area contributed by atoms with E-state index in [4.69, 9.17) is 9.15 Å². The van der Waals surface area contributed by atoms with Crippen LogP contribution in [0.15, 0.2) is 77.4 Å². The highest BCUT2D eigenvalue weighted by Crippen LogP contribution is 2.15. The van der Waals surface area contributed by atoms with Crippen LogP contribution in [0.25, 0.3) is 0 Å². The van der Waals surface area contributed by atoms with E-state index in [-0.39, 0.29) is 23.1 Å². The molecule has 0 aliphatic carbocycles. The number of carbonyl (C=O) groups excluding carboxylic acids is 3. The molecule has 0 saturated carbocycles. The molecule has 3 rings (SSSR count). The maximum Gasteiger partial charge on any atom is 0.338 e. The summed E-state index contributed by atoms with van der Waals surface area (Å²) in [5, 5.41) is 5.47. The molecule has 2 aromatic carbocycles. The minimum atomic E-state index is -0.936. The van der Waals surface area contributed by atoms with Gasteiger partial charge in [-0.3, -0.25) is 9.59 Å². The normalized spacial score (nSPS) is 12.5. The zero-order chi connectivity index (χ0) is 22.2. The average Bonchev–Trinajstić information content (AvgIpc) is 3.33. The average molecular weight is 420 g/mol. The van der Waals surface area contributed by atoms with Gasteiger partial charge in [0.1, 0.15) is 0 Å². The fraction of sp³-hybridized carbons (Fsp3) is 0.208. The number of ether oxygens (including phenoxy) is 1. The lowest BCUT2D eigenvalue weighted by molar-refractivity contribution is -0.129. The summed E-state index contributed by atoms with van der Waals surface area (Å²) in [6.45, 7) is 3.98. The predicted molar refractivity (Wildman–Crippen MR) is 116 cm³/mol. The molecule has 0 radical (unpaired) electrons. The number of hydrogen-bond donors (Lipinski definition) is 2. The molecule has 160 valence electrons. The van der Waals surface area contributed by atoms with Crippen LogP contribution in [0.1, 0.15) is 46.2 Å². The lowest BCUT2D eigenvalue weighted by Gasteiger charge is -2.17. The Morgan fingerprint density at radius 2 is 1.65 bits per heavy atom. The second kappa shape index (κ2) is 10.2. The first kappa shape index (κ1) is 21.8. The van der Waals surface area contributed by atoms with Gasteiger partial charge in [0.2, 0.25) is 0 Å². The Hall–Kier alpha value is -3.87. The molecule has 0 bridgehead atoms. The van der Waals surface area contributed by atoms with Crippen LogP contribution in [0.2, 0.25) is 0 Å². The van der Waals surface area contributed by atoms with E-state index in [1.54, 1.807) is 24.3 Å². The van der Waals surface area contributed by atoms with Gasteiger partial charge in [0.15, 0.2) is 11.9 Å². The third-order valence-electron chi connectivity index (χ3n) is 4.73. The summed E-state index contributed by atoms with van der Waals surface area (Å²) in [5.41, 5.74) is 1.89. The van der Waals surface area contributed by atoms with Crippen molar-refractivity contribution in [2.45, 2.75) is 25.9 Å². The van der Waals surface area contributed by atoms with Crippen molar-refractivity contribution in [2.75, 3.05) is 11.9 Å². The molecule has 7 heteroatoms. The van der Waals surface area contributed by atoms with Crippen molar-refractivity contribution in [3.8, 4) is 0 Å². The van der Waals surface area contributed by atoms with Gasteiger partial charge in [-0.05, 0) is 54.8 Å². The van der Waals surface area contributed by atoms with Crippen LogP contribution >= 0.6 is 0 Å². The zero-order valence-electron chi connectivity index (χ0n) is 17.3. The summed E-state index contributed by atoms with van der Waals surface area (Å²) >= 11 is 0. The summed E-state index contributed by atoms with van der Waals surface area (Å²) < 4.78 is 10.3. The highest BCUT2D eigenvalue weighted by Gasteiger charge is 2.19. The van der Waals surface area contributed by atoms with E-state index in [1.807, 2.05) is 37.3 Å². The summed E-state index contributed by atoms with van der Waals surface area (Å²) in [6.07, 6.45) is 0.474. The van der Waals surface area contributed by atoms with Crippen LogP contribution in [-0.4, -0.2) is 30.4 Å². The number of nitrogens with one attached hydrogen (secondary N) is 2. The van der Waals surface area contributed by atoms with Crippen molar-refractivity contribution >= 4 is 23.5 Å². The number of esters is 1. The Balaban J connectivity index is 1.48. The fourth-order valence-electron chi connectivity index (χ4n) is 2.87. The summed E-state index contributed by atoms with van der Waals surface area (Å²) in [6, 6.07) is 19.2. The maximum absolute atomic E-state index is 12.3. The van der Waals surface area contributed by atoms with Gasteiger partial charge in [-0.2, -0.15) is 0 Å². The van der Waals surface area contributed by atoms with Crippen LogP contribution in [0.5, 0.6) is 0 Å². The standard InChI is InChI=1S/C24H24N2O5/c1-16(18-7-4-3-5-8-18)15-25-22(27)17(2)31-24(29)19-10-12-20(13-11-19)26-23(28)21-9-6-14-30-21/h3-14,16-17H,15H2,1-2H3,(H,25,27)(H,26,28)/t16-,17+/m0/s1. The van der Waals surface area contributed by atoms with E-state index in [0.29, 0.717) is 12.2 Å². The van der Waals surface area contributed by atoms with E-state index in [1.165, 1.54) is 25.3 Å². The van der Waals surface area contributed by atoms with E-state index < -0.39 is 18.0 Å². The van der Waals surface area contributed by atoms with Crippen molar-refractivity contribution in [3.63, 3.8) is 0 Å². The van der Waals surface area contributed by atoms with Gasteiger partial charge in [0.25, 0.3) is 11.8 Å². The molecule has 0 aliphatic rings. The first-order chi connectivity index (χ1) is 14.9. The molecule has 1 aromatic heterocycles. The second-order valence-electron chi connectivity index (χ2n) is 7.11. The molecule has 2 amide bonds. The Labute approximate surface area is 180 Å². The van der Waals surface area contributed by atoms with E-state index in [9.17, 15) is 14.4 Å². The topological polar surface area (TPSA) is 97.6 Å². The minimum absolute atomic E-state index is 0.136. The Morgan fingerprint density at radius 3 is 2.29 bits per heavy atom. The SMILES string of the molecule is C[C@@H](OC(=O)c1ccc(NC(=O)c2ccco2)cc1)C(=O)NC[C@H](C)c1ccccc1.